The van der Waals surface area contributed by atoms with E-state index in [1.54, 1.807) is 13.0 Å². The van der Waals surface area contributed by atoms with E-state index in [0.717, 1.165) is 0 Å². The molecule has 1 aromatic heterocycles. The lowest BCUT2D eigenvalue weighted by atomic mass is 10.3. The van der Waals surface area contributed by atoms with Gasteiger partial charge in [-0.25, -0.2) is 0 Å². The third kappa shape index (κ3) is 3.75. The van der Waals surface area contributed by atoms with E-state index in [9.17, 15) is 13.2 Å². The second kappa shape index (κ2) is 4.43. The Labute approximate surface area is 78.4 Å². The summed E-state index contributed by atoms with van der Waals surface area (Å²) >= 11 is 0. The molecule has 4 nitrogen and oxygen atoms in total. The van der Waals surface area contributed by atoms with Crippen molar-refractivity contribution >= 4 is 0 Å². The molecule has 0 fully saturated rings. The van der Waals surface area contributed by atoms with Crippen molar-refractivity contribution in [3.8, 4) is 0 Å². The fraction of sp³-hybridized carbons (Fsp3) is 0.571. The summed E-state index contributed by atoms with van der Waals surface area (Å²) in [5.41, 5.74) is 2.91. The second-order valence-corrected chi connectivity index (χ2v) is 2.76. The molecule has 1 heterocycles. The molecule has 0 amide bonds. The molecule has 0 bridgehead atoms. The average Bonchev–Trinajstić information content (AvgIpc) is 2.53. The topological polar surface area (TPSA) is 49.9 Å². The summed E-state index contributed by atoms with van der Waals surface area (Å²) in [6.07, 6.45) is -2.81. The van der Waals surface area contributed by atoms with Crippen LogP contribution in [0.25, 0.3) is 0 Å². The fourth-order valence-corrected chi connectivity index (χ4v) is 0.820. The summed E-state index contributed by atoms with van der Waals surface area (Å²) in [7, 11) is 0. The molecule has 0 saturated carbocycles. The smallest absolute Gasteiger partial charge is 0.292 e. The van der Waals surface area contributed by atoms with Crippen LogP contribution in [-0.2, 0) is 4.84 Å². The normalized spacial score (nSPS) is 14.3. The Balaban J connectivity index is 2.26. The van der Waals surface area contributed by atoms with Crippen molar-refractivity contribution < 1.29 is 18.0 Å². The van der Waals surface area contributed by atoms with E-state index in [-0.39, 0.29) is 6.04 Å². The van der Waals surface area contributed by atoms with Crippen molar-refractivity contribution in [3.05, 3.63) is 18.0 Å². The number of halogens is 3. The maximum atomic E-state index is 11.7. The third-order valence-electron chi connectivity index (χ3n) is 1.48. The maximum Gasteiger partial charge on any atom is 0.413 e. The maximum absolute atomic E-state index is 11.7. The van der Waals surface area contributed by atoms with E-state index >= 15 is 0 Å². The van der Waals surface area contributed by atoms with Gasteiger partial charge < -0.3 is 0 Å². The minimum absolute atomic E-state index is 0.361. The molecular weight excluding hydrogens is 199 g/mol. The molecule has 0 saturated heterocycles. The molecule has 1 atom stereocenters. The third-order valence-corrected chi connectivity index (χ3v) is 1.48. The molecule has 0 aliphatic rings. The second-order valence-electron chi connectivity index (χ2n) is 2.76. The van der Waals surface area contributed by atoms with Crippen molar-refractivity contribution in [2.75, 3.05) is 6.61 Å². The first kappa shape index (κ1) is 11.0. The van der Waals surface area contributed by atoms with Gasteiger partial charge in [-0.3, -0.25) is 9.94 Å². The van der Waals surface area contributed by atoms with Gasteiger partial charge in [-0.15, -0.1) is 0 Å². The van der Waals surface area contributed by atoms with E-state index in [4.69, 9.17) is 0 Å². The molecule has 0 radical (unpaired) electrons. The van der Waals surface area contributed by atoms with Crippen molar-refractivity contribution in [3.63, 3.8) is 0 Å². The molecule has 2 N–H and O–H groups in total. The minimum Gasteiger partial charge on any atom is -0.292 e. The van der Waals surface area contributed by atoms with Crippen LogP contribution in [0.3, 0.4) is 0 Å². The Morgan fingerprint density at radius 1 is 1.64 bits per heavy atom. The summed E-state index contributed by atoms with van der Waals surface area (Å²) in [4.78, 5) is 4.26. The highest BCUT2D eigenvalue weighted by molar-refractivity contribution is 5.01. The summed E-state index contributed by atoms with van der Waals surface area (Å²) in [6, 6.07) is 1.29. The van der Waals surface area contributed by atoms with Crippen LogP contribution in [0.5, 0.6) is 0 Å². The molecule has 14 heavy (non-hydrogen) atoms. The van der Waals surface area contributed by atoms with Crippen LogP contribution in [-0.4, -0.2) is 23.0 Å². The van der Waals surface area contributed by atoms with Crippen LogP contribution < -0.4 is 5.48 Å². The lowest BCUT2D eigenvalue weighted by molar-refractivity contribution is -0.192. The van der Waals surface area contributed by atoms with Gasteiger partial charge in [0, 0.05) is 6.20 Å². The number of alkyl halides is 3. The number of H-pyrrole nitrogens is 1. The van der Waals surface area contributed by atoms with E-state index in [0.29, 0.717) is 5.69 Å². The number of nitrogens with one attached hydrogen (secondary N) is 2. The zero-order valence-electron chi connectivity index (χ0n) is 7.43. The van der Waals surface area contributed by atoms with Crippen molar-refractivity contribution in [1.29, 1.82) is 0 Å². The van der Waals surface area contributed by atoms with Gasteiger partial charge in [-0.05, 0) is 13.0 Å². The van der Waals surface area contributed by atoms with Gasteiger partial charge in [0.1, 0.15) is 0 Å². The molecule has 0 aromatic carbocycles. The Morgan fingerprint density at radius 2 is 2.36 bits per heavy atom. The predicted octanol–water partition coefficient (Wildman–Crippen LogP) is 1.55. The Bertz CT molecular complexity index is 260. The highest BCUT2D eigenvalue weighted by Gasteiger charge is 2.28. The van der Waals surface area contributed by atoms with E-state index in [1.165, 1.54) is 6.20 Å². The summed E-state index contributed by atoms with van der Waals surface area (Å²) < 4.78 is 35.0. The Morgan fingerprint density at radius 3 is 2.86 bits per heavy atom. The molecule has 0 aliphatic carbocycles. The number of hydroxylamine groups is 1. The predicted molar refractivity (Wildman–Crippen MR) is 42.1 cm³/mol. The zero-order chi connectivity index (χ0) is 10.6. The Hall–Kier alpha value is -1.08. The lowest BCUT2D eigenvalue weighted by Gasteiger charge is -2.12. The fourth-order valence-electron chi connectivity index (χ4n) is 0.820. The van der Waals surface area contributed by atoms with E-state index < -0.39 is 12.8 Å². The van der Waals surface area contributed by atoms with Gasteiger partial charge in [0.15, 0.2) is 6.61 Å². The van der Waals surface area contributed by atoms with Crippen LogP contribution in [0.1, 0.15) is 18.7 Å². The van der Waals surface area contributed by atoms with E-state index in [1.807, 2.05) is 0 Å². The average molecular weight is 209 g/mol. The standard InChI is InChI=1S/C7H10F3N3O/c1-5(6-2-3-11-12-6)13-14-4-7(8,9)10/h2-3,5,13H,4H2,1H3,(H,11,12). The SMILES string of the molecule is CC(NOCC(F)(F)F)c1ccn[nH]1. The number of hydrogen-bond donors (Lipinski definition) is 2. The van der Waals surface area contributed by atoms with Gasteiger partial charge in [-0.1, -0.05) is 0 Å². The van der Waals surface area contributed by atoms with Crippen LogP contribution >= 0.6 is 0 Å². The molecule has 1 unspecified atom stereocenters. The van der Waals surface area contributed by atoms with Crippen LogP contribution in [0.15, 0.2) is 12.3 Å². The van der Waals surface area contributed by atoms with Gasteiger partial charge in [0.05, 0.1) is 11.7 Å². The molecule has 1 aromatic rings. The molecule has 80 valence electrons. The molecular formula is C7H10F3N3O. The first-order chi connectivity index (χ1) is 6.49. The number of hydrogen-bond acceptors (Lipinski definition) is 3. The van der Waals surface area contributed by atoms with Gasteiger partial charge >= 0.3 is 6.18 Å². The number of aromatic amines is 1. The van der Waals surface area contributed by atoms with Gasteiger partial charge in [0.2, 0.25) is 0 Å². The lowest BCUT2D eigenvalue weighted by Crippen LogP contribution is -2.26. The van der Waals surface area contributed by atoms with Crippen LogP contribution in [0.4, 0.5) is 13.2 Å². The monoisotopic (exact) mass is 209 g/mol. The quantitative estimate of drug-likeness (QED) is 0.740. The first-order valence-electron chi connectivity index (χ1n) is 3.92. The summed E-state index contributed by atoms with van der Waals surface area (Å²) in [5.74, 6) is 0. The number of aromatic nitrogens is 2. The molecule has 1 rings (SSSR count). The number of nitrogens with zero attached hydrogens (tertiary/aromatic N) is 1. The summed E-state index contributed by atoms with van der Waals surface area (Å²) in [6.45, 7) is 0.343. The summed E-state index contributed by atoms with van der Waals surface area (Å²) in [5, 5.41) is 6.27. The van der Waals surface area contributed by atoms with Crippen molar-refractivity contribution in [2.45, 2.75) is 19.1 Å². The highest BCUT2D eigenvalue weighted by atomic mass is 19.4. The molecule has 0 aliphatic heterocycles. The minimum atomic E-state index is -4.32. The van der Waals surface area contributed by atoms with Crippen molar-refractivity contribution in [1.82, 2.24) is 15.7 Å². The Kier molecular flexibility index (Phi) is 3.48. The largest absolute Gasteiger partial charge is 0.413 e. The molecule has 0 spiro atoms. The van der Waals surface area contributed by atoms with E-state index in [2.05, 4.69) is 20.5 Å². The first-order valence-corrected chi connectivity index (χ1v) is 3.92. The van der Waals surface area contributed by atoms with Crippen molar-refractivity contribution in [2.24, 2.45) is 0 Å². The zero-order valence-corrected chi connectivity index (χ0v) is 7.43. The van der Waals surface area contributed by atoms with Crippen LogP contribution in [0, 0.1) is 0 Å². The highest BCUT2D eigenvalue weighted by Crippen LogP contribution is 2.15. The number of rotatable bonds is 4. The van der Waals surface area contributed by atoms with Gasteiger partial charge in [-0.2, -0.15) is 23.8 Å². The van der Waals surface area contributed by atoms with Gasteiger partial charge in [0.25, 0.3) is 0 Å². The van der Waals surface area contributed by atoms with Crippen LogP contribution in [0.2, 0.25) is 0 Å². The molecule has 7 heteroatoms.